The second-order valence-electron chi connectivity index (χ2n) is 3.17. The van der Waals surface area contributed by atoms with E-state index in [1.807, 2.05) is 0 Å². The molecule has 0 aromatic carbocycles. The first kappa shape index (κ1) is 16.1. The quantitative estimate of drug-likeness (QED) is 0.445. The van der Waals surface area contributed by atoms with Gasteiger partial charge in [0.2, 0.25) is 0 Å². The van der Waals surface area contributed by atoms with E-state index < -0.39 is 25.8 Å². The Balaban J connectivity index is 4.96. The Kier molecular flexibility index (Phi) is 8.68. The average Bonchev–Trinajstić information content (AvgIpc) is 2.31. The Morgan fingerprint density at radius 1 is 1.53 bits per heavy atom. The zero-order valence-electron chi connectivity index (χ0n) is 9.50. The molecule has 1 atom stereocenters. The summed E-state index contributed by atoms with van der Waals surface area (Å²) >= 11 is 0. The number of carbonyl (C=O) groups is 1. The maximum atomic E-state index is 11.3. The van der Waals surface area contributed by atoms with Crippen molar-refractivity contribution in [3.63, 3.8) is 0 Å². The van der Waals surface area contributed by atoms with Gasteiger partial charge in [0.1, 0.15) is 0 Å². The van der Waals surface area contributed by atoms with E-state index in [0.29, 0.717) is 0 Å². The van der Waals surface area contributed by atoms with Crippen molar-refractivity contribution in [3.05, 3.63) is 11.6 Å². The fraction of sp³-hybridized carbons (Fsp3) is 0.600. The Labute approximate surface area is 101 Å². The van der Waals surface area contributed by atoms with Crippen LogP contribution in [-0.4, -0.2) is 42.0 Å². The van der Waals surface area contributed by atoms with Gasteiger partial charge in [-0.3, -0.25) is 0 Å². The minimum atomic E-state index is -1.04. The SMILES string of the molecule is CCOC(=O)C(N)C=C(C#P=O)C(CO)CO. The van der Waals surface area contributed by atoms with E-state index in [1.165, 1.54) is 6.08 Å². The number of carbonyl (C=O) groups excluding carboxylic acids is 1. The van der Waals surface area contributed by atoms with Crippen molar-refractivity contribution in [1.82, 2.24) is 0 Å². The zero-order valence-corrected chi connectivity index (χ0v) is 10.4. The number of aliphatic hydroxyl groups excluding tert-OH is 2. The monoisotopic (exact) mass is 261 g/mol. The molecule has 0 aliphatic rings. The standard InChI is InChI=1S/C10H16NO5P/c1-2-16-10(14)9(11)3-7(6-17-15)8(4-12)5-13/h3,8-9,12-13H,2,4-5,11H2,1H3. The predicted octanol–water partition coefficient (Wildman–Crippen LogP) is -0.345. The van der Waals surface area contributed by atoms with Gasteiger partial charge in [0.25, 0.3) is 0 Å². The summed E-state index contributed by atoms with van der Waals surface area (Å²) in [5, 5.41) is 17.9. The van der Waals surface area contributed by atoms with Crippen LogP contribution in [0.5, 0.6) is 0 Å². The van der Waals surface area contributed by atoms with Gasteiger partial charge in [-0.15, -0.1) is 0 Å². The van der Waals surface area contributed by atoms with E-state index in [9.17, 15) is 9.36 Å². The van der Waals surface area contributed by atoms with Gasteiger partial charge in [0.05, 0.1) is 0 Å². The molecule has 0 fully saturated rings. The van der Waals surface area contributed by atoms with E-state index in [1.54, 1.807) is 6.92 Å². The zero-order chi connectivity index (χ0) is 13.3. The fourth-order valence-corrected chi connectivity index (χ4v) is 1.43. The molecule has 6 nitrogen and oxygen atoms in total. The molecular weight excluding hydrogens is 245 g/mol. The number of nitrogens with two attached hydrogens (primary N) is 1. The van der Waals surface area contributed by atoms with Crippen LogP contribution in [0.4, 0.5) is 0 Å². The second-order valence-corrected chi connectivity index (χ2v) is 3.57. The van der Waals surface area contributed by atoms with Crippen LogP contribution in [0, 0.1) is 11.5 Å². The van der Waals surface area contributed by atoms with Gasteiger partial charge in [0.15, 0.2) is 0 Å². The summed E-state index contributed by atoms with van der Waals surface area (Å²) in [5.41, 5.74) is 8.13. The van der Waals surface area contributed by atoms with E-state index in [2.05, 4.69) is 10.4 Å². The van der Waals surface area contributed by atoms with Gasteiger partial charge in [-0.2, -0.15) is 0 Å². The molecule has 0 aromatic heterocycles. The molecule has 0 amide bonds. The summed E-state index contributed by atoms with van der Waals surface area (Å²) in [5.74, 6) is -1.30. The molecule has 1 unspecified atom stereocenters. The molecule has 0 aliphatic heterocycles. The second kappa shape index (κ2) is 9.16. The molecule has 4 N–H and O–H groups in total. The van der Waals surface area contributed by atoms with Crippen molar-refractivity contribution >= 4 is 13.9 Å². The van der Waals surface area contributed by atoms with Crippen molar-refractivity contribution in [1.29, 1.82) is 0 Å². The Morgan fingerprint density at radius 3 is 2.53 bits per heavy atom. The van der Waals surface area contributed by atoms with Crippen LogP contribution in [0.2, 0.25) is 0 Å². The summed E-state index contributed by atoms with van der Waals surface area (Å²) < 4.78 is 15.1. The summed E-state index contributed by atoms with van der Waals surface area (Å²) in [6, 6.07) is -1.04. The summed E-state index contributed by atoms with van der Waals surface area (Å²) in [4.78, 5) is 11.3. The van der Waals surface area contributed by atoms with Gasteiger partial charge in [-0.25, -0.2) is 0 Å². The predicted molar refractivity (Wildman–Crippen MR) is 61.8 cm³/mol. The molecular formula is C10H16NO5P. The molecule has 0 rings (SSSR count). The number of hydrogen-bond donors (Lipinski definition) is 3. The van der Waals surface area contributed by atoms with E-state index >= 15 is 0 Å². The number of ether oxygens (including phenoxy) is 1. The molecule has 96 valence electrons. The van der Waals surface area contributed by atoms with E-state index in [0.717, 1.165) is 0 Å². The first-order valence-corrected chi connectivity index (χ1v) is 5.85. The first-order chi connectivity index (χ1) is 8.10. The van der Waals surface area contributed by atoms with Crippen LogP contribution in [0.15, 0.2) is 11.6 Å². The molecule has 0 saturated heterocycles. The van der Waals surface area contributed by atoms with Crippen molar-refractivity contribution in [2.45, 2.75) is 13.0 Å². The Hall–Kier alpha value is -0.900. The third-order valence-corrected chi connectivity index (χ3v) is 2.32. The Morgan fingerprint density at radius 2 is 2.12 bits per heavy atom. The van der Waals surface area contributed by atoms with Crippen molar-refractivity contribution in [3.8, 4) is 5.63 Å². The number of hydrogen-bond acceptors (Lipinski definition) is 6. The number of esters is 1. The van der Waals surface area contributed by atoms with Crippen LogP contribution >= 0.6 is 7.92 Å². The Bertz CT molecular complexity index is 371. The van der Waals surface area contributed by atoms with Crippen molar-refractivity contribution in [2.24, 2.45) is 11.7 Å². The molecule has 17 heavy (non-hydrogen) atoms. The molecule has 0 saturated carbocycles. The van der Waals surface area contributed by atoms with E-state index in [4.69, 9.17) is 15.9 Å². The third kappa shape index (κ3) is 5.82. The van der Waals surface area contributed by atoms with Gasteiger partial charge in [-0.1, -0.05) is 0 Å². The molecule has 0 bridgehead atoms. The van der Waals surface area contributed by atoms with Crippen LogP contribution < -0.4 is 5.73 Å². The van der Waals surface area contributed by atoms with E-state index in [-0.39, 0.29) is 25.4 Å². The topological polar surface area (TPSA) is 110 Å². The fourth-order valence-electron chi connectivity index (χ4n) is 1.07. The summed E-state index contributed by atoms with van der Waals surface area (Å²) in [6.45, 7) is 1.13. The summed E-state index contributed by atoms with van der Waals surface area (Å²) in [7, 11) is -0.415. The first-order valence-electron chi connectivity index (χ1n) is 5.04. The van der Waals surface area contributed by atoms with Gasteiger partial charge in [0, 0.05) is 0 Å². The minimum absolute atomic E-state index is 0.201. The van der Waals surface area contributed by atoms with Crippen molar-refractivity contribution in [2.75, 3.05) is 19.8 Å². The third-order valence-electron chi connectivity index (χ3n) is 1.97. The molecule has 0 aliphatic carbocycles. The van der Waals surface area contributed by atoms with Crippen LogP contribution in [-0.2, 0) is 14.1 Å². The normalized spacial score (nSPS) is 13.1. The van der Waals surface area contributed by atoms with Crippen LogP contribution in [0.1, 0.15) is 6.92 Å². The number of aliphatic hydroxyl groups is 2. The molecule has 0 aromatic rings. The van der Waals surface area contributed by atoms with Crippen LogP contribution in [0.25, 0.3) is 0 Å². The maximum absolute atomic E-state index is 11.3. The van der Waals surface area contributed by atoms with Crippen molar-refractivity contribution < 1.29 is 24.3 Å². The molecule has 7 heteroatoms. The number of rotatable bonds is 6. The molecule has 0 spiro atoms. The average molecular weight is 261 g/mol. The van der Waals surface area contributed by atoms with Gasteiger partial charge < -0.3 is 0 Å². The van der Waals surface area contributed by atoms with Crippen LogP contribution in [0.3, 0.4) is 0 Å². The van der Waals surface area contributed by atoms with Gasteiger partial charge in [-0.05, 0) is 0 Å². The summed E-state index contributed by atoms with van der Waals surface area (Å²) in [6.07, 6.45) is 1.26. The molecule has 0 heterocycles. The molecule has 0 radical (unpaired) electrons. The van der Waals surface area contributed by atoms with Gasteiger partial charge >= 0.3 is 99.9 Å².